The molecule has 0 aliphatic rings. The number of nitrogens with zero attached hydrogens (tertiary/aromatic N) is 1. The van der Waals surface area contributed by atoms with E-state index in [2.05, 4.69) is 9.72 Å². The lowest BCUT2D eigenvalue weighted by molar-refractivity contribution is 0.0787. The van der Waals surface area contributed by atoms with Crippen molar-refractivity contribution < 1.29 is 27.0 Å². The summed E-state index contributed by atoms with van der Waals surface area (Å²) in [6.07, 6.45) is 0. The van der Waals surface area contributed by atoms with Crippen LogP contribution in [0.3, 0.4) is 0 Å². The van der Waals surface area contributed by atoms with Gasteiger partial charge >= 0.3 is 0 Å². The molecule has 0 unspecified atom stereocenters. The van der Waals surface area contributed by atoms with Gasteiger partial charge in [0, 0.05) is 6.61 Å². The first kappa shape index (κ1) is 14.7. The molecule has 1 heterocycles. The molecule has 0 aromatic carbocycles. The van der Waals surface area contributed by atoms with Gasteiger partial charge in [-0.05, 0) is 5.92 Å². The van der Waals surface area contributed by atoms with Crippen molar-refractivity contribution in [3.05, 3.63) is 23.5 Å². The van der Waals surface area contributed by atoms with Crippen LogP contribution in [0.15, 0.2) is 0 Å². The molecule has 0 spiro atoms. The Morgan fingerprint density at radius 3 is 2.06 bits per heavy atom. The number of hydrogen-bond acceptors (Lipinski definition) is 3. The van der Waals surface area contributed by atoms with E-state index in [-0.39, 0.29) is 13.2 Å². The maximum absolute atomic E-state index is 13.1. The maximum Gasteiger partial charge on any atom is 0.255 e. The predicted octanol–water partition coefficient (Wildman–Crippen LogP) is 2.69. The summed E-state index contributed by atoms with van der Waals surface area (Å²) in [5, 5.41) is 0. The van der Waals surface area contributed by atoms with Crippen LogP contribution < -0.4 is 4.74 Å². The molecule has 0 bridgehead atoms. The fourth-order valence-corrected chi connectivity index (χ4v) is 1.12. The molecule has 0 radical (unpaired) electrons. The number of rotatable bonds is 6. The molecule has 7 heteroatoms. The van der Waals surface area contributed by atoms with Gasteiger partial charge in [0.25, 0.3) is 11.9 Å². The molecule has 0 amide bonds. The molecule has 1 rings (SSSR count). The minimum absolute atomic E-state index is 0.0582. The Kier molecular flexibility index (Phi) is 5.33. The van der Waals surface area contributed by atoms with E-state index in [0.29, 0.717) is 12.5 Å². The summed E-state index contributed by atoms with van der Waals surface area (Å²) in [5.41, 5.74) is 0. The third kappa shape index (κ3) is 3.83. The zero-order valence-electron chi connectivity index (χ0n) is 9.97. The summed E-state index contributed by atoms with van der Waals surface area (Å²) in [4.78, 5) is 2.41. The highest BCUT2D eigenvalue weighted by Gasteiger charge is 2.21. The van der Waals surface area contributed by atoms with E-state index >= 15 is 0 Å². The number of hydrogen-bond donors (Lipinski definition) is 0. The van der Waals surface area contributed by atoms with Crippen LogP contribution >= 0.6 is 0 Å². The molecule has 102 valence electrons. The van der Waals surface area contributed by atoms with Gasteiger partial charge in [-0.3, -0.25) is 0 Å². The van der Waals surface area contributed by atoms with E-state index in [1.807, 2.05) is 13.8 Å². The number of halogens is 4. The Labute approximate surface area is 102 Å². The Morgan fingerprint density at radius 1 is 1.00 bits per heavy atom. The van der Waals surface area contributed by atoms with Gasteiger partial charge in [0.05, 0.1) is 6.61 Å². The van der Waals surface area contributed by atoms with Gasteiger partial charge < -0.3 is 9.47 Å². The molecule has 0 fully saturated rings. The Balaban J connectivity index is 2.57. The van der Waals surface area contributed by atoms with Gasteiger partial charge in [0.15, 0.2) is 0 Å². The fraction of sp³-hybridized carbons (Fsp3) is 0.545. The van der Waals surface area contributed by atoms with Crippen molar-refractivity contribution in [2.24, 2.45) is 5.92 Å². The minimum Gasteiger partial charge on any atom is -0.485 e. The Hall–Kier alpha value is -1.37. The summed E-state index contributed by atoms with van der Waals surface area (Å²) in [5.74, 6) is -7.61. The van der Waals surface area contributed by atoms with Gasteiger partial charge in [-0.1, -0.05) is 13.8 Å². The van der Waals surface area contributed by atoms with E-state index in [1.165, 1.54) is 0 Å². The molecule has 0 saturated carbocycles. The molecular weight excluding hydrogens is 254 g/mol. The highest BCUT2D eigenvalue weighted by Crippen LogP contribution is 2.24. The summed E-state index contributed by atoms with van der Waals surface area (Å²) >= 11 is 0. The van der Waals surface area contributed by atoms with Crippen molar-refractivity contribution in [2.75, 3.05) is 19.8 Å². The monoisotopic (exact) mass is 267 g/mol. The highest BCUT2D eigenvalue weighted by atomic mass is 19.2. The normalized spacial score (nSPS) is 11.1. The lowest BCUT2D eigenvalue weighted by Gasteiger charge is -2.10. The molecule has 0 atom stereocenters. The number of pyridine rings is 1. The van der Waals surface area contributed by atoms with Gasteiger partial charge in [-0.2, -0.15) is 22.5 Å². The van der Waals surface area contributed by atoms with E-state index in [4.69, 9.17) is 4.74 Å². The van der Waals surface area contributed by atoms with Gasteiger partial charge in [-0.25, -0.2) is 0 Å². The molecular formula is C11H13F4NO2. The molecule has 18 heavy (non-hydrogen) atoms. The van der Waals surface area contributed by atoms with Crippen LogP contribution in [0.1, 0.15) is 13.8 Å². The zero-order chi connectivity index (χ0) is 13.7. The topological polar surface area (TPSA) is 31.4 Å². The Morgan fingerprint density at radius 2 is 1.56 bits per heavy atom. The highest BCUT2D eigenvalue weighted by molar-refractivity contribution is 5.24. The van der Waals surface area contributed by atoms with Gasteiger partial charge in [0.2, 0.25) is 17.4 Å². The first-order valence-electron chi connectivity index (χ1n) is 5.34. The number of aromatic nitrogens is 1. The maximum atomic E-state index is 13.1. The molecule has 0 N–H and O–H groups in total. The fourth-order valence-electron chi connectivity index (χ4n) is 1.12. The van der Waals surface area contributed by atoms with Crippen LogP contribution in [0.4, 0.5) is 17.6 Å². The molecule has 1 aromatic rings. The van der Waals surface area contributed by atoms with Crippen LogP contribution in [0, 0.1) is 29.4 Å². The third-order valence-corrected chi connectivity index (χ3v) is 1.88. The minimum atomic E-state index is -1.74. The van der Waals surface area contributed by atoms with E-state index in [0.717, 1.165) is 0 Å². The van der Waals surface area contributed by atoms with Crippen LogP contribution in [0.5, 0.6) is 5.75 Å². The molecule has 0 aliphatic carbocycles. The van der Waals surface area contributed by atoms with E-state index in [1.54, 1.807) is 0 Å². The van der Waals surface area contributed by atoms with Crippen LogP contribution in [0.25, 0.3) is 0 Å². The van der Waals surface area contributed by atoms with Crippen molar-refractivity contribution in [1.29, 1.82) is 0 Å². The van der Waals surface area contributed by atoms with E-state index < -0.39 is 29.3 Å². The SMILES string of the molecule is CC(C)COCCOc1c(F)c(F)nc(F)c1F. The quantitative estimate of drug-likeness (QED) is 0.451. The molecule has 0 saturated heterocycles. The first-order valence-corrected chi connectivity index (χ1v) is 5.34. The van der Waals surface area contributed by atoms with Crippen LogP contribution in [0.2, 0.25) is 0 Å². The second kappa shape index (κ2) is 6.53. The second-order valence-corrected chi connectivity index (χ2v) is 3.97. The zero-order valence-corrected chi connectivity index (χ0v) is 9.97. The van der Waals surface area contributed by atoms with Crippen LogP contribution in [-0.2, 0) is 4.74 Å². The Bertz CT molecular complexity index is 386. The lowest BCUT2D eigenvalue weighted by atomic mass is 10.2. The van der Waals surface area contributed by atoms with Crippen molar-refractivity contribution in [3.63, 3.8) is 0 Å². The van der Waals surface area contributed by atoms with Crippen molar-refractivity contribution in [2.45, 2.75) is 13.8 Å². The molecule has 1 aromatic heterocycles. The first-order chi connectivity index (χ1) is 8.43. The van der Waals surface area contributed by atoms with Crippen molar-refractivity contribution in [1.82, 2.24) is 4.98 Å². The number of ether oxygens (including phenoxy) is 2. The summed E-state index contributed by atoms with van der Waals surface area (Å²) in [6, 6.07) is 0. The second-order valence-electron chi connectivity index (χ2n) is 3.97. The molecule has 0 aliphatic heterocycles. The van der Waals surface area contributed by atoms with Crippen molar-refractivity contribution in [3.8, 4) is 5.75 Å². The average molecular weight is 267 g/mol. The summed E-state index contributed by atoms with van der Waals surface area (Å²) in [6.45, 7) is 4.14. The van der Waals surface area contributed by atoms with Crippen molar-refractivity contribution >= 4 is 0 Å². The van der Waals surface area contributed by atoms with Gasteiger partial charge in [0.1, 0.15) is 6.61 Å². The standard InChI is InChI=1S/C11H13F4NO2/c1-6(2)5-17-3-4-18-9-7(12)10(14)16-11(15)8(9)13/h6H,3-5H2,1-2H3. The summed E-state index contributed by atoms with van der Waals surface area (Å²) < 4.78 is 61.2. The molecule has 3 nitrogen and oxygen atoms in total. The predicted molar refractivity (Wildman–Crippen MR) is 55.2 cm³/mol. The van der Waals surface area contributed by atoms with Gasteiger partial charge in [-0.15, -0.1) is 0 Å². The van der Waals surface area contributed by atoms with Crippen LogP contribution in [-0.4, -0.2) is 24.8 Å². The smallest absolute Gasteiger partial charge is 0.255 e. The average Bonchev–Trinajstić information content (AvgIpc) is 2.30. The largest absolute Gasteiger partial charge is 0.485 e. The van der Waals surface area contributed by atoms with E-state index in [9.17, 15) is 17.6 Å². The lowest BCUT2D eigenvalue weighted by Crippen LogP contribution is -2.13. The summed E-state index contributed by atoms with van der Waals surface area (Å²) in [7, 11) is 0. The third-order valence-electron chi connectivity index (χ3n) is 1.88.